The monoisotopic (exact) mass is 250 g/mol. The van der Waals surface area contributed by atoms with Crippen molar-refractivity contribution >= 4 is 17.7 Å². The lowest BCUT2D eigenvalue weighted by Gasteiger charge is -2.24. The number of benzene rings is 1. The normalized spacial score (nSPS) is 15.4. The van der Waals surface area contributed by atoms with Crippen molar-refractivity contribution in [3.63, 3.8) is 0 Å². The van der Waals surface area contributed by atoms with Crippen molar-refractivity contribution in [3.05, 3.63) is 24.3 Å². The predicted molar refractivity (Wildman–Crippen MR) is 70.5 cm³/mol. The highest BCUT2D eigenvalue weighted by molar-refractivity contribution is 8.00. The minimum atomic E-state index is -0.146. The summed E-state index contributed by atoms with van der Waals surface area (Å²) in [5, 5.41) is 0.795. The zero-order valence-electron chi connectivity index (χ0n) is 10.1. The Hall–Kier alpha value is -0.960. The number of thioether (sulfide) groups is 1. The zero-order valence-corrected chi connectivity index (χ0v) is 11.0. The summed E-state index contributed by atoms with van der Waals surface area (Å²) in [6.45, 7) is 1.97. The fourth-order valence-corrected chi connectivity index (χ4v) is 2.90. The van der Waals surface area contributed by atoms with E-state index in [2.05, 4.69) is 0 Å². The second-order valence-corrected chi connectivity index (χ2v) is 5.74. The molecule has 0 unspecified atom stereocenters. The molecule has 0 radical (unpaired) electrons. The van der Waals surface area contributed by atoms with Crippen LogP contribution in [0.2, 0.25) is 0 Å². The molecule has 1 aliphatic carbocycles. The Kier molecular flexibility index (Phi) is 4.49. The van der Waals surface area contributed by atoms with Gasteiger partial charge in [0, 0.05) is 16.6 Å². The second-order valence-electron chi connectivity index (χ2n) is 4.37. The van der Waals surface area contributed by atoms with Gasteiger partial charge in [-0.2, -0.15) is 0 Å². The molecule has 0 aliphatic heterocycles. The van der Waals surface area contributed by atoms with Gasteiger partial charge in [-0.1, -0.05) is 13.3 Å². The molecule has 3 heteroatoms. The third-order valence-corrected chi connectivity index (χ3v) is 4.21. The molecule has 1 fully saturated rings. The first-order valence-corrected chi connectivity index (χ1v) is 7.13. The molecule has 0 aromatic heterocycles. The Morgan fingerprint density at radius 1 is 1.35 bits per heavy atom. The van der Waals surface area contributed by atoms with E-state index in [4.69, 9.17) is 4.74 Å². The maximum atomic E-state index is 11.3. The summed E-state index contributed by atoms with van der Waals surface area (Å²) in [5.41, 5.74) is 0. The van der Waals surface area contributed by atoms with Crippen LogP contribution in [0.5, 0.6) is 5.75 Å². The van der Waals surface area contributed by atoms with Gasteiger partial charge in [0.05, 0.1) is 0 Å². The highest BCUT2D eigenvalue weighted by Gasteiger charge is 2.18. The van der Waals surface area contributed by atoms with Crippen LogP contribution < -0.4 is 4.74 Å². The maximum absolute atomic E-state index is 11.3. The Bertz CT molecular complexity index is 368. The average Bonchev–Trinajstić information content (AvgIpc) is 2.26. The van der Waals surface area contributed by atoms with Crippen molar-refractivity contribution in [3.8, 4) is 5.75 Å². The molecule has 0 heterocycles. The molecule has 0 amide bonds. The van der Waals surface area contributed by atoms with E-state index in [1.54, 1.807) is 0 Å². The summed E-state index contributed by atoms with van der Waals surface area (Å²) < 4.78 is 5.21. The average molecular weight is 250 g/mol. The highest BCUT2D eigenvalue weighted by atomic mass is 32.2. The van der Waals surface area contributed by atoms with E-state index in [1.807, 2.05) is 43.0 Å². The third-order valence-electron chi connectivity index (χ3n) is 2.86. The number of hydrogen-bond donors (Lipinski definition) is 0. The molecule has 0 spiro atoms. The van der Waals surface area contributed by atoms with E-state index in [-0.39, 0.29) is 5.97 Å². The van der Waals surface area contributed by atoms with E-state index in [0.29, 0.717) is 12.2 Å². The summed E-state index contributed by atoms with van der Waals surface area (Å²) in [5.74, 6) is 0.508. The Morgan fingerprint density at radius 3 is 2.59 bits per heavy atom. The SMILES string of the molecule is CCCC(=O)Oc1ccc(SC2CCC2)cc1. The van der Waals surface area contributed by atoms with E-state index < -0.39 is 0 Å². The van der Waals surface area contributed by atoms with Gasteiger partial charge >= 0.3 is 5.97 Å². The molecule has 17 heavy (non-hydrogen) atoms. The van der Waals surface area contributed by atoms with E-state index >= 15 is 0 Å². The van der Waals surface area contributed by atoms with Crippen LogP contribution in [0.3, 0.4) is 0 Å². The number of esters is 1. The lowest BCUT2D eigenvalue weighted by atomic mass is 10.0. The molecule has 0 atom stereocenters. The largest absolute Gasteiger partial charge is 0.427 e. The highest BCUT2D eigenvalue weighted by Crippen LogP contribution is 2.36. The Balaban J connectivity index is 1.86. The lowest BCUT2D eigenvalue weighted by molar-refractivity contribution is -0.134. The predicted octanol–water partition coefficient (Wildman–Crippen LogP) is 4.04. The third kappa shape index (κ3) is 3.77. The Morgan fingerprint density at radius 2 is 2.06 bits per heavy atom. The molecule has 0 saturated heterocycles. The molecule has 1 aromatic rings. The fraction of sp³-hybridized carbons (Fsp3) is 0.500. The van der Waals surface area contributed by atoms with Gasteiger partial charge in [-0.05, 0) is 43.5 Å². The van der Waals surface area contributed by atoms with Crippen molar-refractivity contribution in [2.75, 3.05) is 0 Å². The number of hydrogen-bond acceptors (Lipinski definition) is 3. The van der Waals surface area contributed by atoms with Crippen LogP contribution >= 0.6 is 11.8 Å². The minimum Gasteiger partial charge on any atom is -0.427 e. The Labute approximate surface area is 107 Å². The number of carbonyl (C=O) groups is 1. The molecular formula is C14H18O2S. The van der Waals surface area contributed by atoms with Gasteiger partial charge in [0.1, 0.15) is 5.75 Å². The number of ether oxygens (including phenoxy) is 1. The van der Waals surface area contributed by atoms with E-state index in [9.17, 15) is 4.79 Å². The topological polar surface area (TPSA) is 26.3 Å². The van der Waals surface area contributed by atoms with Crippen molar-refractivity contribution < 1.29 is 9.53 Å². The van der Waals surface area contributed by atoms with Gasteiger partial charge in [0.2, 0.25) is 0 Å². The zero-order chi connectivity index (χ0) is 12.1. The van der Waals surface area contributed by atoms with Gasteiger partial charge in [0.25, 0.3) is 0 Å². The van der Waals surface area contributed by atoms with Gasteiger partial charge in [0.15, 0.2) is 0 Å². The molecule has 0 bridgehead atoms. The lowest BCUT2D eigenvalue weighted by Crippen LogP contribution is -2.12. The van der Waals surface area contributed by atoms with Crippen LogP contribution in [0.25, 0.3) is 0 Å². The van der Waals surface area contributed by atoms with Crippen molar-refractivity contribution in [1.82, 2.24) is 0 Å². The first kappa shape index (κ1) is 12.5. The van der Waals surface area contributed by atoms with E-state index in [0.717, 1.165) is 11.7 Å². The summed E-state index contributed by atoms with van der Waals surface area (Å²) >= 11 is 1.93. The van der Waals surface area contributed by atoms with Crippen LogP contribution in [-0.2, 0) is 4.79 Å². The molecule has 1 aromatic carbocycles. The molecule has 92 valence electrons. The standard InChI is InChI=1S/C14H18O2S/c1-2-4-14(15)16-11-7-9-13(10-8-11)17-12-5-3-6-12/h7-10,12H,2-6H2,1H3. The summed E-state index contributed by atoms with van der Waals surface area (Å²) in [6.07, 6.45) is 5.34. The summed E-state index contributed by atoms with van der Waals surface area (Å²) in [4.78, 5) is 12.6. The van der Waals surface area contributed by atoms with Crippen LogP contribution in [0.1, 0.15) is 39.0 Å². The fourth-order valence-electron chi connectivity index (χ4n) is 1.65. The van der Waals surface area contributed by atoms with E-state index in [1.165, 1.54) is 24.2 Å². The first-order chi connectivity index (χ1) is 8.28. The van der Waals surface area contributed by atoms with Crippen LogP contribution in [-0.4, -0.2) is 11.2 Å². The molecule has 2 nitrogen and oxygen atoms in total. The first-order valence-electron chi connectivity index (χ1n) is 6.25. The quantitative estimate of drug-likeness (QED) is 0.583. The van der Waals surface area contributed by atoms with Crippen molar-refractivity contribution in [1.29, 1.82) is 0 Å². The van der Waals surface area contributed by atoms with Gasteiger partial charge in [-0.25, -0.2) is 0 Å². The van der Waals surface area contributed by atoms with Crippen LogP contribution in [0, 0.1) is 0 Å². The van der Waals surface area contributed by atoms with Crippen molar-refractivity contribution in [2.24, 2.45) is 0 Å². The molecular weight excluding hydrogens is 232 g/mol. The molecule has 2 rings (SSSR count). The van der Waals surface area contributed by atoms with Gasteiger partial charge < -0.3 is 4.74 Å². The maximum Gasteiger partial charge on any atom is 0.311 e. The summed E-state index contributed by atoms with van der Waals surface area (Å²) in [6, 6.07) is 7.85. The smallest absolute Gasteiger partial charge is 0.311 e. The number of rotatable bonds is 5. The summed E-state index contributed by atoms with van der Waals surface area (Å²) in [7, 11) is 0. The van der Waals surface area contributed by atoms with Gasteiger partial charge in [-0.3, -0.25) is 4.79 Å². The molecule has 0 N–H and O–H groups in total. The van der Waals surface area contributed by atoms with Crippen LogP contribution in [0.4, 0.5) is 0 Å². The number of carbonyl (C=O) groups excluding carboxylic acids is 1. The molecule has 1 saturated carbocycles. The minimum absolute atomic E-state index is 0.146. The van der Waals surface area contributed by atoms with Crippen LogP contribution in [0.15, 0.2) is 29.2 Å². The molecule has 1 aliphatic rings. The van der Waals surface area contributed by atoms with Gasteiger partial charge in [-0.15, -0.1) is 11.8 Å². The van der Waals surface area contributed by atoms with Crippen molar-refractivity contribution in [2.45, 2.75) is 49.2 Å². The second kappa shape index (κ2) is 6.10.